The first-order valence-corrected chi connectivity index (χ1v) is 9.02. The lowest BCUT2D eigenvalue weighted by atomic mass is 9.70. The molecule has 0 aromatic carbocycles. The van der Waals surface area contributed by atoms with E-state index in [4.69, 9.17) is 0 Å². The van der Waals surface area contributed by atoms with Gasteiger partial charge in [0.1, 0.15) is 0 Å². The zero-order chi connectivity index (χ0) is 10.8. The highest BCUT2D eigenvalue weighted by Gasteiger charge is 2.33. The summed E-state index contributed by atoms with van der Waals surface area (Å²) in [7, 11) is 0.352. The first kappa shape index (κ1) is 12.8. The van der Waals surface area contributed by atoms with Gasteiger partial charge in [-0.3, -0.25) is 0 Å². The summed E-state index contributed by atoms with van der Waals surface area (Å²) in [6.45, 7) is 12.2. The molecule has 0 saturated carbocycles. The lowest BCUT2D eigenvalue weighted by molar-refractivity contribution is 0.152. The second-order valence-corrected chi connectivity index (χ2v) is 9.47. The number of hydrogen-bond acceptors (Lipinski definition) is 1. The molecular weight excluding hydrogens is 207 g/mol. The second-order valence-electron chi connectivity index (χ2n) is 5.54. The summed E-state index contributed by atoms with van der Waals surface area (Å²) in [5.41, 5.74) is 1.98. The molecule has 0 nitrogen and oxygen atoms in total. The van der Waals surface area contributed by atoms with Crippen molar-refractivity contribution in [1.29, 1.82) is 0 Å². The van der Waals surface area contributed by atoms with Crippen LogP contribution in [0, 0.1) is 17.3 Å². The molecule has 1 aliphatic rings. The van der Waals surface area contributed by atoms with E-state index >= 15 is 0 Å². The molecule has 2 unspecified atom stereocenters. The van der Waals surface area contributed by atoms with Crippen LogP contribution in [0.25, 0.3) is 0 Å². The Morgan fingerprint density at radius 3 is 2.57 bits per heavy atom. The highest BCUT2D eigenvalue weighted by molar-refractivity contribution is 8.04. The molecule has 14 heavy (non-hydrogen) atoms. The average Bonchev–Trinajstić information content (AvgIpc) is 2.29. The highest BCUT2D eigenvalue weighted by atomic mass is 32.2. The van der Waals surface area contributed by atoms with Crippen molar-refractivity contribution in [2.75, 3.05) is 24.1 Å². The molecule has 0 aromatic rings. The van der Waals surface area contributed by atoms with E-state index in [1.807, 2.05) is 0 Å². The van der Waals surface area contributed by atoms with Crippen molar-refractivity contribution >= 4 is 19.7 Å². The minimum atomic E-state index is 0.352. The lowest BCUT2D eigenvalue weighted by Crippen LogP contribution is -2.31. The molecule has 1 aliphatic heterocycles. The predicted molar refractivity (Wildman–Crippen MR) is 71.8 cm³/mol. The summed E-state index contributed by atoms with van der Waals surface area (Å²) < 4.78 is 0. The average molecular weight is 232 g/mol. The van der Waals surface area contributed by atoms with Crippen molar-refractivity contribution in [3.8, 4) is 0 Å². The van der Waals surface area contributed by atoms with Gasteiger partial charge in [-0.1, -0.05) is 35.6 Å². The van der Waals surface area contributed by atoms with E-state index in [2.05, 4.69) is 46.1 Å². The van der Waals surface area contributed by atoms with Gasteiger partial charge in [0.15, 0.2) is 0 Å². The van der Waals surface area contributed by atoms with Gasteiger partial charge in [-0.05, 0) is 42.3 Å². The summed E-state index contributed by atoms with van der Waals surface area (Å²) in [5.74, 6) is 3.16. The zero-order valence-corrected chi connectivity index (χ0v) is 12.0. The van der Waals surface area contributed by atoms with Gasteiger partial charge in [0.25, 0.3) is 0 Å². The molecule has 2 atom stereocenters. The van der Waals surface area contributed by atoms with Crippen LogP contribution in [0.15, 0.2) is 0 Å². The molecule has 0 radical (unpaired) electrons. The van der Waals surface area contributed by atoms with Gasteiger partial charge in [-0.15, -0.1) is 0 Å². The summed E-state index contributed by atoms with van der Waals surface area (Å²) in [6.07, 6.45) is 2.98. The molecule has 0 aliphatic carbocycles. The van der Waals surface area contributed by atoms with Crippen molar-refractivity contribution in [2.45, 2.75) is 34.1 Å². The Hall–Kier alpha value is 0.780. The van der Waals surface area contributed by atoms with E-state index in [1.165, 1.54) is 23.8 Å². The van der Waals surface area contributed by atoms with Gasteiger partial charge in [0.05, 0.1) is 0 Å². The maximum Gasteiger partial charge on any atom is 0.0134 e. The third kappa shape index (κ3) is 3.14. The van der Waals surface area contributed by atoms with Crippen molar-refractivity contribution in [3.05, 3.63) is 0 Å². The minimum absolute atomic E-state index is 0.352. The monoisotopic (exact) mass is 232 g/mol. The molecule has 0 N–H and O–H groups in total. The zero-order valence-electron chi connectivity index (χ0n) is 10.3. The number of thioether (sulfide) groups is 1. The van der Waals surface area contributed by atoms with Crippen molar-refractivity contribution in [2.24, 2.45) is 17.3 Å². The summed E-state index contributed by atoms with van der Waals surface area (Å²) in [5, 5.41) is 0. The first-order valence-electron chi connectivity index (χ1n) is 5.71. The van der Waals surface area contributed by atoms with Crippen molar-refractivity contribution in [1.82, 2.24) is 0 Å². The standard InChI is InChI=1S/C12H25PS/c1-10(2)12(3,4)11-6-7-13(5)9-14-8-11/h10-11H,6-9H2,1-5H3. The maximum atomic E-state index is 2.47. The Morgan fingerprint density at radius 1 is 1.36 bits per heavy atom. The van der Waals surface area contributed by atoms with Crippen LogP contribution in [0.4, 0.5) is 0 Å². The second kappa shape index (κ2) is 5.21. The SMILES string of the molecule is CC(C)C(C)(C)C1CCP(C)CSC1. The highest BCUT2D eigenvalue weighted by Crippen LogP contribution is 2.47. The van der Waals surface area contributed by atoms with Crippen LogP contribution < -0.4 is 0 Å². The van der Waals surface area contributed by atoms with Crippen LogP contribution in [0.2, 0.25) is 0 Å². The van der Waals surface area contributed by atoms with Gasteiger partial charge < -0.3 is 0 Å². The van der Waals surface area contributed by atoms with Crippen LogP contribution in [0.1, 0.15) is 34.1 Å². The van der Waals surface area contributed by atoms with Crippen molar-refractivity contribution in [3.63, 3.8) is 0 Å². The third-order valence-electron chi connectivity index (χ3n) is 4.03. The van der Waals surface area contributed by atoms with Gasteiger partial charge in [0, 0.05) is 5.49 Å². The Morgan fingerprint density at radius 2 is 2.00 bits per heavy atom. The normalized spacial score (nSPS) is 30.4. The molecular formula is C12H25PS. The fourth-order valence-electron chi connectivity index (χ4n) is 1.93. The Bertz CT molecular complexity index is 177. The topological polar surface area (TPSA) is 0 Å². The fourth-order valence-corrected chi connectivity index (χ4v) is 5.75. The van der Waals surface area contributed by atoms with E-state index < -0.39 is 0 Å². The lowest BCUT2D eigenvalue weighted by Gasteiger charge is -2.37. The molecule has 1 heterocycles. The minimum Gasteiger partial charge on any atom is -0.157 e. The van der Waals surface area contributed by atoms with E-state index in [0.29, 0.717) is 13.3 Å². The van der Waals surface area contributed by atoms with Crippen molar-refractivity contribution < 1.29 is 0 Å². The third-order valence-corrected chi connectivity index (χ3v) is 8.18. The smallest absolute Gasteiger partial charge is 0.0134 e. The van der Waals surface area contributed by atoms with Crippen LogP contribution in [-0.2, 0) is 0 Å². The molecule has 2 heteroatoms. The number of rotatable bonds is 2. The molecule has 0 aromatic heterocycles. The van der Waals surface area contributed by atoms with Gasteiger partial charge >= 0.3 is 0 Å². The van der Waals surface area contributed by atoms with Crippen LogP contribution in [-0.4, -0.2) is 24.1 Å². The molecule has 84 valence electrons. The Kier molecular flexibility index (Phi) is 4.78. The van der Waals surface area contributed by atoms with E-state index in [1.54, 1.807) is 0 Å². The van der Waals surface area contributed by atoms with E-state index in [0.717, 1.165) is 11.8 Å². The van der Waals surface area contributed by atoms with Gasteiger partial charge in [-0.25, -0.2) is 0 Å². The maximum absolute atomic E-state index is 2.47. The Balaban J connectivity index is 2.59. The molecule has 0 spiro atoms. The number of hydrogen-bond donors (Lipinski definition) is 0. The van der Waals surface area contributed by atoms with E-state index in [-0.39, 0.29) is 0 Å². The first-order chi connectivity index (χ1) is 6.44. The molecule has 0 bridgehead atoms. The summed E-state index contributed by atoms with van der Waals surface area (Å²) >= 11 is 2.21. The predicted octanol–water partition coefficient (Wildman–Crippen LogP) is 4.49. The largest absolute Gasteiger partial charge is 0.157 e. The fraction of sp³-hybridized carbons (Fsp3) is 1.00. The molecule has 1 saturated heterocycles. The van der Waals surface area contributed by atoms with E-state index in [9.17, 15) is 0 Å². The Labute approximate surface area is 95.4 Å². The molecule has 0 amide bonds. The van der Waals surface area contributed by atoms with Crippen LogP contribution in [0.5, 0.6) is 0 Å². The van der Waals surface area contributed by atoms with Gasteiger partial charge in [0.2, 0.25) is 0 Å². The quantitative estimate of drug-likeness (QED) is 0.632. The summed E-state index contributed by atoms with van der Waals surface area (Å²) in [6, 6.07) is 0. The molecule has 1 rings (SSSR count). The molecule has 1 fully saturated rings. The van der Waals surface area contributed by atoms with Crippen LogP contribution in [0.3, 0.4) is 0 Å². The summed E-state index contributed by atoms with van der Waals surface area (Å²) in [4.78, 5) is 0. The van der Waals surface area contributed by atoms with Crippen LogP contribution >= 0.6 is 19.7 Å². The van der Waals surface area contributed by atoms with Gasteiger partial charge in [-0.2, -0.15) is 11.8 Å².